The Morgan fingerprint density at radius 3 is 3.00 bits per heavy atom. The second-order valence-electron chi connectivity index (χ2n) is 4.38. The van der Waals surface area contributed by atoms with Gasteiger partial charge < -0.3 is 10.2 Å². The average molecular weight is 233 g/mol. The molecule has 1 aliphatic heterocycles. The fourth-order valence-electron chi connectivity index (χ4n) is 2.38. The Balaban J connectivity index is 2.13. The van der Waals surface area contributed by atoms with Crippen molar-refractivity contribution < 1.29 is 4.79 Å². The van der Waals surface area contributed by atoms with Gasteiger partial charge in [0.25, 0.3) is 0 Å². The first kappa shape index (κ1) is 11.9. The summed E-state index contributed by atoms with van der Waals surface area (Å²) < 4.78 is 0. The zero-order chi connectivity index (χ0) is 12.3. The highest BCUT2D eigenvalue weighted by atomic mass is 16.2. The minimum absolute atomic E-state index is 0.156. The highest BCUT2D eigenvalue weighted by molar-refractivity contribution is 5.74. The first-order chi connectivity index (χ1) is 8.22. The maximum Gasteiger partial charge on any atom is 0.219 e. The van der Waals surface area contributed by atoms with Crippen molar-refractivity contribution in [1.82, 2.24) is 9.88 Å². The van der Waals surface area contributed by atoms with Crippen LogP contribution in [0.5, 0.6) is 0 Å². The fourth-order valence-corrected chi connectivity index (χ4v) is 2.38. The van der Waals surface area contributed by atoms with E-state index in [0.717, 1.165) is 37.3 Å². The van der Waals surface area contributed by atoms with Gasteiger partial charge in [0.1, 0.15) is 5.82 Å². The van der Waals surface area contributed by atoms with Crippen molar-refractivity contribution >= 4 is 11.7 Å². The molecule has 1 saturated heterocycles. The Kier molecular flexibility index (Phi) is 3.61. The van der Waals surface area contributed by atoms with Gasteiger partial charge >= 0.3 is 0 Å². The van der Waals surface area contributed by atoms with E-state index in [0.29, 0.717) is 0 Å². The first-order valence-corrected chi connectivity index (χ1v) is 6.19. The van der Waals surface area contributed by atoms with E-state index in [1.165, 1.54) is 0 Å². The number of pyridine rings is 1. The van der Waals surface area contributed by atoms with Crippen molar-refractivity contribution in [2.45, 2.75) is 32.7 Å². The lowest BCUT2D eigenvalue weighted by Crippen LogP contribution is -2.28. The van der Waals surface area contributed by atoms with Gasteiger partial charge in [-0.25, -0.2) is 4.98 Å². The Labute approximate surface area is 102 Å². The third-order valence-electron chi connectivity index (χ3n) is 3.19. The van der Waals surface area contributed by atoms with E-state index in [2.05, 4.69) is 16.4 Å². The van der Waals surface area contributed by atoms with E-state index in [1.54, 1.807) is 6.92 Å². The molecule has 0 unspecified atom stereocenters. The summed E-state index contributed by atoms with van der Waals surface area (Å²) in [5, 5.41) is 3.17. The number of rotatable bonds is 3. The molecule has 0 spiro atoms. The van der Waals surface area contributed by atoms with Gasteiger partial charge in [-0.3, -0.25) is 4.79 Å². The lowest BCUT2D eigenvalue weighted by molar-refractivity contribution is -0.129. The molecule has 1 atom stereocenters. The van der Waals surface area contributed by atoms with Crippen molar-refractivity contribution in [3.8, 4) is 0 Å². The number of hydrogen-bond donors (Lipinski definition) is 1. The quantitative estimate of drug-likeness (QED) is 0.870. The summed E-state index contributed by atoms with van der Waals surface area (Å²) in [5.41, 5.74) is 1.14. The van der Waals surface area contributed by atoms with E-state index in [1.807, 2.05) is 24.1 Å². The maximum absolute atomic E-state index is 11.5. The molecule has 1 aliphatic rings. The van der Waals surface area contributed by atoms with E-state index in [-0.39, 0.29) is 11.9 Å². The van der Waals surface area contributed by atoms with Crippen LogP contribution in [0.1, 0.15) is 38.3 Å². The summed E-state index contributed by atoms with van der Waals surface area (Å²) >= 11 is 0. The van der Waals surface area contributed by atoms with E-state index in [4.69, 9.17) is 0 Å². The van der Waals surface area contributed by atoms with Crippen LogP contribution in [-0.4, -0.2) is 28.9 Å². The predicted octanol–water partition coefficient (Wildman–Crippen LogP) is 2.20. The van der Waals surface area contributed by atoms with Crippen LogP contribution in [0.4, 0.5) is 5.82 Å². The van der Waals surface area contributed by atoms with Gasteiger partial charge in [0, 0.05) is 26.2 Å². The van der Waals surface area contributed by atoms with Crippen LogP contribution in [0.3, 0.4) is 0 Å². The lowest BCUT2D eigenvalue weighted by Gasteiger charge is -2.23. The van der Waals surface area contributed by atoms with Crippen LogP contribution >= 0.6 is 0 Å². The van der Waals surface area contributed by atoms with Gasteiger partial charge in [0.2, 0.25) is 5.91 Å². The van der Waals surface area contributed by atoms with Gasteiger partial charge in [0.15, 0.2) is 0 Å². The Bertz CT molecular complexity index is 388. The lowest BCUT2D eigenvalue weighted by atomic mass is 10.1. The van der Waals surface area contributed by atoms with E-state index < -0.39 is 0 Å². The van der Waals surface area contributed by atoms with Crippen molar-refractivity contribution in [3.63, 3.8) is 0 Å². The molecule has 2 rings (SSSR count). The maximum atomic E-state index is 11.5. The Morgan fingerprint density at radius 1 is 1.59 bits per heavy atom. The summed E-state index contributed by atoms with van der Waals surface area (Å²) in [4.78, 5) is 17.8. The van der Waals surface area contributed by atoms with E-state index in [9.17, 15) is 4.79 Å². The highest BCUT2D eigenvalue weighted by Crippen LogP contribution is 2.31. The second kappa shape index (κ2) is 5.17. The van der Waals surface area contributed by atoms with Crippen LogP contribution in [0, 0.1) is 0 Å². The molecule has 0 bridgehead atoms. The SMILES string of the molecule is CCNc1ccc([C@@H]2CCCN2C(C)=O)cn1. The number of hydrogen-bond acceptors (Lipinski definition) is 3. The second-order valence-corrected chi connectivity index (χ2v) is 4.38. The Hall–Kier alpha value is -1.58. The number of likely N-dealkylation sites (tertiary alicyclic amines) is 1. The van der Waals surface area contributed by atoms with Gasteiger partial charge in [-0.2, -0.15) is 0 Å². The number of carbonyl (C=O) groups is 1. The zero-order valence-corrected chi connectivity index (χ0v) is 10.4. The molecule has 92 valence electrons. The van der Waals surface area contributed by atoms with E-state index >= 15 is 0 Å². The molecular formula is C13H19N3O. The summed E-state index contributed by atoms with van der Waals surface area (Å²) in [6, 6.07) is 4.27. The molecular weight excluding hydrogens is 214 g/mol. The van der Waals surface area contributed by atoms with Gasteiger partial charge in [-0.15, -0.1) is 0 Å². The number of carbonyl (C=O) groups excluding carboxylic acids is 1. The van der Waals surface area contributed by atoms with Crippen molar-refractivity contribution in [1.29, 1.82) is 0 Å². The smallest absolute Gasteiger partial charge is 0.219 e. The molecule has 1 aromatic heterocycles. The van der Waals surface area contributed by atoms with Crippen LogP contribution < -0.4 is 5.32 Å². The topological polar surface area (TPSA) is 45.2 Å². The molecule has 4 heteroatoms. The zero-order valence-electron chi connectivity index (χ0n) is 10.4. The summed E-state index contributed by atoms with van der Waals surface area (Å²) in [6.45, 7) is 5.42. The molecule has 0 aliphatic carbocycles. The number of nitrogens with zero attached hydrogens (tertiary/aromatic N) is 2. The molecule has 1 amide bonds. The number of aromatic nitrogens is 1. The predicted molar refractivity (Wildman–Crippen MR) is 67.8 cm³/mol. The molecule has 1 fully saturated rings. The minimum Gasteiger partial charge on any atom is -0.370 e. The molecule has 1 N–H and O–H groups in total. The van der Waals surface area contributed by atoms with Gasteiger partial charge in [-0.1, -0.05) is 6.07 Å². The molecule has 0 radical (unpaired) electrons. The van der Waals surface area contributed by atoms with Crippen LogP contribution in [0.25, 0.3) is 0 Å². The van der Waals surface area contributed by atoms with Crippen molar-refractivity contribution in [2.24, 2.45) is 0 Å². The number of nitrogens with one attached hydrogen (secondary N) is 1. The molecule has 4 nitrogen and oxygen atoms in total. The highest BCUT2D eigenvalue weighted by Gasteiger charge is 2.27. The third-order valence-corrected chi connectivity index (χ3v) is 3.19. The van der Waals surface area contributed by atoms with Gasteiger partial charge in [0.05, 0.1) is 6.04 Å². The van der Waals surface area contributed by atoms with Crippen LogP contribution in [0.15, 0.2) is 18.3 Å². The molecule has 17 heavy (non-hydrogen) atoms. The van der Waals surface area contributed by atoms with Crippen molar-refractivity contribution in [3.05, 3.63) is 23.9 Å². The largest absolute Gasteiger partial charge is 0.370 e. The minimum atomic E-state index is 0.156. The molecule has 1 aromatic rings. The van der Waals surface area contributed by atoms with Crippen LogP contribution in [0.2, 0.25) is 0 Å². The summed E-state index contributed by atoms with van der Waals surface area (Å²) in [6.07, 6.45) is 4.00. The van der Waals surface area contributed by atoms with Gasteiger partial charge in [-0.05, 0) is 31.4 Å². The Morgan fingerprint density at radius 2 is 2.41 bits per heavy atom. The summed E-state index contributed by atoms with van der Waals surface area (Å²) in [5.74, 6) is 1.05. The number of amides is 1. The summed E-state index contributed by atoms with van der Waals surface area (Å²) in [7, 11) is 0. The molecule has 0 aromatic carbocycles. The monoisotopic (exact) mass is 233 g/mol. The normalized spacial score (nSPS) is 19.4. The average Bonchev–Trinajstić information content (AvgIpc) is 2.79. The fraction of sp³-hybridized carbons (Fsp3) is 0.538. The molecule has 2 heterocycles. The number of anilines is 1. The third kappa shape index (κ3) is 2.57. The van der Waals surface area contributed by atoms with Crippen molar-refractivity contribution in [2.75, 3.05) is 18.4 Å². The standard InChI is InChI=1S/C13H19N3O/c1-3-14-13-7-6-11(9-15-13)12-5-4-8-16(12)10(2)17/h6-7,9,12H,3-5,8H2,1-2H3,(H,14,15)/t12-/m0/s1. The van der Waals surface area contributed by atoms with Crippen LogP contribution in [-0.2, 0) is 4.79 Å². The molecule has 0 saturated carbocycles. The first-order valence-electron chi connectivity index (χ1n) is 6.19.